The zero-order chi connectivity index (χ0) is 15.9. The summed E-state index contributed by atoms with van der Waals surface area (Å²) >= 11 is 3.32. The number of ether oxygens (including phenoxy) is 4. The molecule has 0 saturated carbocycles. The molecule has 0 radical (unpaired) electrons. The highest BCUT2D eigenvalue weighted by Crippen LogP contribution is 2.11. The van der Waals surface area contributed by atoms with E-state index in [9.17, 15) is 0 Å². The first-order chi connectivity index (χ1) is 10.8. The van der Waals surface area contributed by atoms with Crippen molar-refractivity contribution in [1.82, 2.24) is 4.98 Å². The fourth-order valence-electron chi connectivity index (χ4n) is 1.55. The Labute approximate surface area is 139 Å². The second-order valence-corrected chi connectivity index (χ2v) is 5.35. The molecule has 0 aliphatic carbocycles. The van der Waals surface area contributed by atoms with Gasteiger partial charge in [-0.3, -0.25) is 0 Å². The van der Waals surface area contributed by atoms with Crippen LogP contribution in [0, 0.1) is 0 Å². The van der Waals surface area contributed by atoms with Crippen molar-refractivity contribution in [2.24, 2.45) is 0 Å². The lowest BCUT2D eigenvalue weighted by atomic mass is 10.3. The molecule has 0 aromatic carbocycles. The minimum absolute atomic E-state index is 0.0545. The molecule has 0 aliphatic rings. The Morgan fingerprint density at radius 1 is 0.864 bits per heavy atom. The van der Waals surface area contributed by atoms with Gasteiger partial charge in [0.15, 0.2) is 0 Å². The Morgan fingerprint density at radius 3 is 2.09 bits per heavy atom. The molecule has 6 nitrogen and oxygen atoms in total. The van der Waals surface area contributed by atoms with Crippen LogP contribution in [0.5, 0.6) is 5.88 Å². The number of hydrogen-bond donors (Lipinski definition) is 1. The van der Waals surface area contributed by atoms with Crippen LogP contribution in [0.2, 0.25) is 0 Å². The van der Waals surface area contributed by atoms with Gasteiger partial charge >= 0.3 is 0 Å². The number of aromatic nitrogens is 1. The fraction of sp³-hybridized carbons (Fsp3) is 0.667. The van der Waals surface area contributed by atoms with E-state index in [-0.39, 0.29) is 6.61 Å². The SMILES string of the molecule is OCCOCCOCCCCOCCOc1ccc(Br)cn1. The Morgan fingerprint density at radius 2 is 1.50 bits per heavy atom. The van der Waals surface area contributed by atoms with Crippen molar-refractivity contribution in [2.75, 3.05) is 52.9 Å². The van der Waals surface area contributed by atoms with Crippen LogP contribution >= 0.6 is 15.9 Å². The van der Waals surface area contributed by atoms with Crippen LogP contribution in [0.25, 0.3) is 0 Å². The molecule has 1 aromatic heterocycles. The quantitative estimate of drug-likeness (QED) is 0.500. The minimum atomic E-state index is 0.0545. The van der Waals surface area contributed by atoms with Crippen molar-refractivity contribution < 1.29 is 24.1 Å². The maximum absolute atomic E-state index is 8.51. The van der Waals surface area contributed by atoms with Gasteiger partial charge in [-0.1, -0.05) is 0 Å². The van der Waals surface area contributed by atoms with Gasteiger partial charge in [-0.2, -0.15) is 0 Å². The molecule has 126 valence electrons. The average Bonchev–Trinajstić information content (AvgIpc) is 2.53. The summed E-state index contributed by atoms with van der Waals surface area (Å²) in [4.78, 5) is 4.11. The number of hydrogen-bond acceptors (Lipinski definition) is 6. The van der Waals surface area contributed by atoms with Gasteiger partial charge < -0.3 is 24.1 Å². The summed E-state index contributed by atoms with van der Waals surface area (Å²) in [7, 11) is 0. The molecule has 1 aromatic rings. The number of rotatable bonds is 14. The first kappa shape index (κ1) is 19.3. The largest absolute Gasteiger partial charge is 0.475 e. The van der Waals surface area contributed by atoms with Crippen LogP contribution in [-0.4, -0.2) is 62.9 Å². The Hall–Kier alpha value is -0.730. The van der Waals surface area contributed by atoms with Gasteiger partial charge in [0.2, 0.25) is 5.88 Å². The second kappa shape index (κ2) is 13.9. The van der Waals surface area contributed by atoms with Gasteiger partial charge in [0.1, 0.15) is 6.61 Å². The lowest BCUT2D eigenvalue weighted by Crippen LogP contribution is -2.10. The molecule has 1 N–H and O–H groups in total. The lowest BCUT2D eigenvalue weighted by Gasteiger charge is -2.07. The summed E-state index contributed by atoms with van der Waals surface area (Å²) < 4.78 is 22.3. The van der Waals surface area contributed by atoms with E-state index in [1.165, 1.54) is 0 Å². The summed E-state index contributed by atoms with van der Waals surface area (Å²) in [6, 6.07) is 3.70. The van der Waals surface area contributed by atoms with Crippen molar-refractivity contribution in [3.05, 3.63) is 22.8 Å². The lowest BCUT2D eigenvalue weighted by molar-refractivity contribution is 0.0294. The molecule has 0 atom stereocenters. The molecule has 0 amide bonds. The molecule has 0 saturated heterocycles. The first-order valence-corrected chi connectivity index (χ1v) is 8.20. The average molecular weight is 378 g/mol. The van der Waals surface area contributed by atoms with Crippen LogP contribution in [0.4, 0.5) is 0 Å². The van der Waals surface area contributed by atoms with Gasteiger partial charge in [0, 0.05) is 29.9 Å². The summed E-state index contributed by atoms with van der Waals surface area (Å²) in [5.74, 6) is 0.601. The van der Waals surface area contributed by atoms with Crippen LogP contribution < -0.4 is 4.74 Å². The second-order valence-electron chi connectivity index (χ2n) is 4.43. The van der Waals surface area contributed by atoms with Gasteiger partial charge in [-0.15, -0.1) is 0 Å². The van der Waals surface area contributed by atoms with Crippen molar-refractivity contribution in [2.45, 2.75) is 12.8 Å². The zero-order valence-electron chi connectivity index (χ0n) is 12.7. The van der Waals surface area contributed by atoms with Crippen LogP contribution in [-0.2, 0) is 14.2 Å². The van der Waals surface area contributed by atoms with Crippen molar-refractivity contribution >= 4 is 15.9 Å². The molecule has 0 unspecified atom stereocenters. The monoisotopic (exact) mass is 377 g/mol. The zero-order valence-corrected chi connectivity index (χ0v) is 14.3. The van der Waals surface area contributed by atoms with Crippen LogP contribution in [0.1, 0.15) is 12.8 Å². The third-order valence-corrected chi connectivity index (χ3v) is 3.08. The van der Waals surface area contributed by atoms with Crippen molar-refractivity contribution in [3.8, 4) is 5.88 Å². The maximum Gasteiger partial charge on any atom is 0.213 e. The van der Waals surface area contributed by atoms with E-state index in [1.807, 2.05) is 12.1 Å². The highest BCUT2D eigenvalue weighted by atomic mass is 79.9. The predicted octanol–water partition coefficient (Wildman–Crippen LogP) is 2.05. The summed E-state index contributed by atoms with van der Waals surface area (Å²) in [5.41, 5.74) is 0. The van der Waals surface area contributed by atoms with E-state index in [1.54, 1.807) is 6.20 Å². The first-order valence-electron chi connectivity index (χ1n) is 7.41. The Kier molecular flexibility index (Phi) is 12.2. The van der Waals surface area contributed by atoms with Crippen molar-refractivity contribution in [3.63, 3.8) is 0 Å². The summed E-state index contributed by atoms with van der Waals surface area (Å²) in [6.07, 6.45) is 3.61. The molecule has 0 spiro atoms. The molecule has 1 rings (SSSR count). The van der Waals surface area contributed by atoms with E-state index >= 15 is 0 Å². The molecule has 1 heterocycles. The van der Waals surface area contributed by atoms with Gasteiger partial charge in [0.25, 0.3) is 0 Å². The number of unbranched alkanes of at least 4 members (excludes halogenated alkanes) is 1. The number of nitrogens with zero attached hydrogens (tertiary/aromatic N) is 1. The number of halogens is 1. The fourth-order valence-corrected chi connectivity index (χ4v) is 1.78. The Balaban J connectivity index is 1.79. The predicted molar refractivity (Wildman–Crippen MR) is 86.2 cm³/mol. The standard InChI is InChI=1S/C15H24BrNO5/c16-14-3-4-15(17-13-14)22-12-11-20-7-2-1-6-19-9-10-21-8-5-18/h3-4,13,18H,1-2,5-12H2. The van der Waals surface area contributed by atoms with E-state index in [2.05, 4.69) is 20.9 Å². The summed E-state index contributed by atoms with van der Waals surface area (Å²) in [6.45, 7) is 3.95. The van der Waals surface area contributed by atoms with E-state index in [0.29, 0.717) is 52.1 Å². The normalized spacial score (nSPS) is 10.8. The number of aliphatic hydroxyl groups is 1. The number of pyridine rings is 1. The Bertz CT molecular complexity index is 363. The van der Waals surface area contributed by atoms with E-state index in [0.717, 1.165) is 17.3 Å². The van der Waals surface area contributed by atoms with Gasteiger partial charge in [-0.25, -0.2) is 4.98 Å². The highest BCUT2D eigenvalue weighted by Gasteiger charge is 1.96. The maximum atomic E-state index is 8.51. The van der Waals surface area contributed by atoms with Crippen LogP contribution in [0.3, 0.4) is 0 Å². The van der Waals surface area contributed by atoms with Gasteiger partial charge in [-0.05, 0) is 34.8 Å². The molecule has 0 aliphatic heterocycles. The molecule has 0 bridgehead atoms. The van der Waals surface area contributed by atoms with Crippen LogP contribution in [0.15, 0.2) is 22.8 Å². The summed E-state index contributed by atoms with van der Waals surface area (Å²) in [5, 5.41) is 8.51. The van der Waals surface area contributed by atoms with Crippen molar-refractivity contribution in [1.29, 1.82) is 0 Å². The molecular weight excluding hydrogens is 354 g/mol. The highest BCUT2D eigenvalue weighted by molar-refractivity contribution is 9.10. The minimum Gasteiger partial charge on any atom is -0.475 e. The number of aliphatic hydroxyl groups excluding tert-OH is 1. The van der Waals surface area contributed by atoms with Gasteiger partial charge in [0.05, 0.1) is 33.0 Å². The van der Waals surface area contributed by atoms with E-state index < -0.39 is 0 Å². The third kappa shape index (κ3) is 10.9. The topological polar surface area (TPSA) is 70.0 Å². The third-order valence-electron chi connectivity index (χ3n) is 2.61. The smallest absolute Gasteiger partial charge is 0.213 e. The van der Waals surface area contributed by atoms with E-state index in [4.69, 9.17) is 24.1 Å². The molecule has 7 heteroatoms. The molecule has 22 heavy (non-hydrogen) atoms. The molecule has 0 fully saturated rings. The molecular formula is C15H24BrNO5.